The van der Waals surface area contributed by atoms with Crippen molar-refractivity contribution >= 4 is 11.9 Å². The minimum Gasteiger partial charge on any atom is -0.461 e. The summed E-state index contributed by atoms with van der Waals surface area (Å²) in [4.78, 5) is 24.5. The first kappa shape index (κ1) is 20.4. The van der Waals surface area contributed by atoms with Gasteiger partial charge in [0.25, 0.3) is 0 Å². The summed E-state index contributed by atoms with van der Waals surface area (Å²) in [5, 5.41) is 18.6. The third kappa shape index (κ3) is 3.48. The zero-order chi connectivity index (χ0) is 19.6. The Hall–Kier alpha value is -1.92. The maximum atomic E-state index is 12.3. The van der Waals surface area contributed by atoms with Gasteiger partial charge in [-0.15, -0.1) is 6.58 Å². The lowest BCUT2D eigenvalue weighted by atomic mass is 9.58. The number of ether oxygens (including phenoxy) is 2. The summed E-state index contributed by atoms with van der Waals surface area (Å²) < 4.78 is 11.3. The normalized spacial score (nSPS) is 36.0. The van der Waals surface area contributed by atoms with Gasteiger partial charge in [0.1, 0.15) is 12.2 Å². The highest BCUT2D eigenvalue weighted by Crippen LogP contribution is 2.54. The average molecular weight is 364 g/mol. The fourth-order valence-electron chi connectivity index (χ4n) is 4.24. The van der Waals surface area contributed by atoms with E-state index in [0.29, 0.717) is 12.0 Å². The highest BCUT2D eigenvalue weighted by atomic mass is 16.6. The molecule has 0 amide bonds. The molecule has 1 aliphatic heterocycles. The molecule has 0 unspecified atom stereocenters. The second-order valence-electron chi connectivity index (χ2n) is 7.50. The van der Waals surface area contributed by atoms with Crippen molar-refractivity contribution in [3.05, 3.63) is 37.0 Å². The van der Waals surface area contributed by atoms with Crippen LogP contribution in [0.15, 0.2) is 37.0 Å². The van der Waals surface area contributed by atoms with E-state index in [0.717, 1.165) is 0 Å². The van der Waals surface area contributed by atoms with Crippen molar-refractivity contribution in [1.82, 2.24) is 0 Å². The van der Waals surface area contributed by atoms with Gasteiger partial charge in [-0.05, 0) is 17.4 Å². The Morgan fingerprint density at radius 3 is 2.62 bits per heavy atom. The van der Waals surface area contributed by atoms with Crippen molar-refractivity contribution < 1.29 is 29.3 Å². The van der Waals surface area contributed by atoms with E-state index in [2.05, 4.69) is 19.7 Å². The molecule has 2 N–H and O–H groups in total. The Morgan fingerprint density at radius 2 is 2.08 bits per heavy atom. The molecule has 0 aromatic rings. The van der Waals surface area contributed by atoms with Gasteiger partial charge in [-0.25, -0.2) is 4.79 Å². The molecule has 1 heterocycles. The van der Waals surface area contributed by atoms with Gasteiger partial charge >= 0.3 is 11.9 Å². The van der Waals surface area contributed by atoms with Crippen LogP contribution in [0.2, 0.25) is 0 Å². The highest BCUT2D eigenvalue weighted by molar-refractivity contribution is 5.88. The van der Waals surface area contributed by atoms with E-state index in [9.17, 15) is 14.7 Å². The number of hydrogen-bond donors (Lipinski definition) is 2. The third-order valence-corrected chi connectivity index (χ3v) is 5.76. The van der Waals surface area contributed by atoms with Crippen LogP contribution < -0.4 is 0 Å². The summed E-state index contributed by atoms with van der Waals surface area (Å²) in [7, 11) is 0. The molecule has 0 bridgehead atoms. The van der Waals surface area contributed by atoms with Crippen molar-refractivity contribution in [2.45, 2.75) is 38.9 Å². The molecule has 1 saturated heterocycles. The second-order valence-corrected chi connectivity index (χ2v) is 7.50. The first-order valence-corrected chi connectivity index (χ1v) is 8.82. The van der Waals surface area contributed by atoms with E-state index >= 15 is 0 Å². The van der Waals surface area contributed by atoms with E-state index in [4.69, 9.17) is 14.6 Å². The van der Waals surface area contributed by atoms with Crippen molar-refractivity contribution in [2.24, 2.45) is 23.2 Å². The number of esters is 2. The van der Waals surface area contributed by atoms with Gasteiger partial charge in [0.2, 0.25) is 0 Å². The topological polar surface area (TPSA) is 93.1 Å². The lowest BCUT2D eigenvalue weighted by Gasteiger charge is -2.49. The number of rotatable bonds is 7. The van der Waals surface area contributed by atoms with Gasteiger partial charge in [-0.2, -0.15) is 0 Å². The Labute approximate surface area is 154 Å². The molecule has 0 aromatic carbocycles. The lowest BCUT2D eigenvalue weighted by molar-refractivity contribution is -0.160. The molecule has 0 aromatic heterocycles. The minimum atomic E-state index is -0.583. The number of allylic oxidation sites excluding steroid dienone is 1. The SMILES string of the molecule is C=C[C@]1(C)C[C@H](OC(=O)C(=C)CCO)[C@@H]2[C@H](OC(=O)[C@H]2C)[C@H]1C(=C)CO. The van der Waals surface area contributed by atoms with Crippen LogP contribution in [-0.2, 0) is 19.1 Å². The maximum absolute atomic E-state index is 12.3. The van der Waals surface area contributed by atoms with Gasteiger partial charge in [0, 0.05) is 30.4 Å². The van der Waals surface area contributed by atoms with Crippen LogP contribution in [0.25, 0.3) is 0 Å². The zero-order valence-corrected chi connectivity index (χ0v) is 15.4. The molecular formula is C20H28O6. The summed E-state index contributed by atoms with van der Waals surface area (Å²) >= 11 is 0. The van der Waals surface area contributed by atoms with Gasteiger partial charge in [0.05, 0.1) is 12.5 Å². The third-order valence-electron chi connectivity index (χ3n) is 5.76. The van der Waals surface area contributed by atoms with Gasteiger partial charge in [-0.1, -0.05) is 33.1 Å². The molecule has 1 saturated carbocycles. The first-order chi connectivity index (χ1) is 12.2. The maximum Gasteiger partial charge on any atom is 0.333 e. The largest absolute Gasteiger partial charge is 0.461 e. The van der Waals surface area contributed by atoms with Crippen LogP contribution in [-0.4, -0.2) is 47.6 Å². The van der Waals surface area contributed by atoms with E-state index in [1.54, 1.807) is 13.0 Å². The number of aliphatic hydroxyl groups is 2. The summed E-state index contributed by atoms with van der Waals surface area (Å²) in [6.07, 6.45) is 1.20. The summed E-state index contributed by atoms with van der Waals surface area (Å²) in [5.41, 5.74) is 0.192. The quantitative estimate of drug-likeness (QED) is 0.406. The molecule has 0 spiro atoms. The monoisotopic (exact) mass is 364 g/mol. The first-order valence-electron chi connectivity index (χ1n) is 8.82. The van der Waals surface area contributed by atoms with E-state index in [-0.39, 0.29) is 43.0 Å². The van der Waals surface area contributed by atoms with Crippen molar-refractivity contribution in [3.63, 3.8) is 0 Å². The molecule has 6 heteroatoms. The summed E-state index contributed by atoms with van der Waals surface area (Å²) in [6.45, 7) is 14.8. The van der Waals surface area contributed by atoms with Gasteiger partial charge < -0.3 is 19.7 Å². The Kier molecular flexibility index (Phi) is 6.09. The predicted octanol–water partition coefficient (Wildman–Crippen LogP) is 1.78. The molecule has 2 rings (SSSR count). The standard InChI is InChI=1S/C20H28O6/c1-6-20(5)9-14(25-18(23)11(2)7-8-21)15-13(4)19(24)26-17(15)16(20)12(3)10-22/h6,13-17,21-22H,1-3,7-10H2,4-5H3/t13-,14-,15+,16+,17-,20+/m0/s1. The molecular weight excluding hydrogens is 336 g/mol. The Morgan fingerprint density at radius 1 is 1.42 bits per heavy atom. The molecule has 0 radical (unpaired) electrons. The Balaban J connectivity index is 2.37. The summed E-state index contributed by atoms with van der Waals surface area (Å²) in [6, 6.07) is 0. The van der Waals surface area contributed by atoms with Crippen LogP contribution in [0.1, 0.15) is 26.7 Å². The van der Waals surface area contributed by atoms with Gasteiger partial charge in [-0.3, -0.25) is 4.79 Å². The van der Waals surface area contributed by atoms with Crippen LogP contribution >= 0.6 is 0 Å². The van der Waals surface area contributed by atoms with Crippen LogP contribution in [0, 0.1) is 23.2 Å². The smallest absolute Gasteiger partial charge is 0.333 e. The van der Waals surface area contributed by atoms with Crippen LogP contribution in [0.5, 0.6) is 0 Å². The number of aliphatic hydroxyl groups excluding tert-OH is 2. The van der Waals surface area contributed by atoms with Gasteiger partial charge in [0.15, 0.2) is 0 Å². The molecule has 2 aliphatic rings. The number of fused-ring (bicyclic) bond motifs is 1. The van der Waals surface area contributed by atoms with Crippen LogP contribution in [0.3, 0.4) is 0 Å². The highest BCUT2D eigenvalue weighted by Gasteiger charge is 2.59. The molecule has 144 valence electrons. The molecule has 26 heavy (non-hydrogen) atoms. The number of carbonyl (C=O) groups excluding carboxylic acids is 2. The lowest BCUT2D eigenvalue weighted by Crippen LogP contribution is -2.52. The fraction of sp³-hybridized carbons (Fsp3) is 0.600. The van der Waals surface area contributed by atoms with E-state index < -0.39 is 29.5 Å². The van der Waals surface area contributed by atoms with Crippen molar-refractivity contribution in [3.8, 4) is 0 Å². The molecule has 2 fully saturated rings. The van der Waals surface area contributed by atoms with Crippen LogP contribution in [0.4, 0.5) is 0 Å². The number of carbonyl (C=O) groups is 2. The number of hydrogen-bond acceptors (Lipinski definition) is 6. The molecule has 1 aliphatic carbocycles. The second kappa shape index (κ2) is 7.76. The van der Waals surface area contributed by atoms with Crippen molar-refractivity contribution in [1.29, 1.82) is 0 Å². The van der Waals surface area contributed by atoms with E-state index in [1.165, 1.54) is 0 Å². The predicted molar refractivity (Wildman–Crippen MR) is 95.9 cm³/mol. The van der Waals surface area contributed by atoms with E-state index in [1.807, 2.05) is 6.92 Å². The minimum absolute atomic E-state index is 0.132. The zero-order valence-electron chi connectivity index (χ0n) is 15.4. The average Bonchev–Trinajstić information content (AvgIpc) is 2.89. The molecule has 6 nitrogen and oxygen atoms in total. The fourth-order valence-corrected chi connectivity index (χ4v) is 4.24. The van der Waals surface area contributed by atoms with Crippen molar-refractivity contribution in [2.75, 3.05) is 13.2 Å². The Bertz CT molecular complexity index is 624. The molecule has 6 atom stereocenters. The summed E-state index contributed by atoms with van der Waals surface area (Å²) in [5.74, 6) is -2.01.